The lowest BCUT2D eigenvalue weighted by molar-refractivity contribution is -0.385. The third-order valence-corrected chi connectivity index (χ3v) is 6.55. The molecule has 144 valence electrons. The molecule has 1 aliphatic rings. The summed E-state index contributed by atoms with van der Waals surface area (Å²) in [6, 6.07) is 9.73. The molecule has 1 saturated heterocycles. The molecule has 2 aromatic carbocycles. The largest absolute Gasteiger partial charge is 0.338 e. The quantitative estimate of drug-likeness (QED) is 0.400. The average Bonchev–Trinajstić information content (AvgIpc) is 3.10. The van der Waals surface area contributed by atoms with E-state index in [1.54, 1.807) is 16.2 Å². The first kappa shape index (κ1) is 19.1. The van der Waals surface area contributed by atoms with E-state index in [9.17, 15) is 14.9 Å². The van der Waals surface area contributed by atoms with E-state index in [1.165, 1.54) is 18.2 Å². The highest BCUT2D eigenvalue weighted by atomic mass is 35.5. The van der Waals surface area contributed by atoms with Crippen LogP contribution in [0.3, 0.4) is 0 Å². The van der Waals surface area contributed by atoms with Gasteiger partial charge >= 0.3 is 0 Å². The molecule has 0 saturated carbocycles. The van der Waals surface area contributed by atoms with E-state index in [1.807, 2.05) is 18.2 Å². The Labute approximate surface area is 174 Å². The van der Waals surface area contributed by atoms with Gasteiger partial charge in [-0.1, -0.05) is 23.2 Å². The van der Waals surface area contributed by atoms with Crippen molar-refractivity contribution in [1.29, 1.82) is 0 Å². The van der Waals surface area contributed by atoms with E-state index in [2.05, 4.69) is 0 Å². The summed E-state index contributed by atoms with van der Waals surface area (Å²) >= 11 is 13.6. The molecule has 3 aromatic rings. The van der Waals surface area contributed by atoms with Crippen molar-refractivity contribution >= 4 is 56.3 Å². The van der Waals surface area contributed by atoms with E-state index >= 15 is 0 Å². The molecule has 9 heteroatoms. The van der Waals surface area contributed by atoms with Crippen LogP contribution in [-0.4, -0.2) is 33.8 Å². The maximum absolute atomic E-state index is 12.8. The predicted molar refractivity (Wildman–Crippen MR) is 111 cm³/mol. The van der Waals surface area contributed by atoms with E-state index in [4.69, 9.17) is 28.2 Å². The number of halogens is 2. The van der Waals surface area contributed by atoms with E-state index in [0.717, 1.165) is 28.1 Å². The summed E-state index contributed by atoms with van der Waals surface area (Å²) in [7, 11) is 0. The van der Waals surface area contributed by atoms with Gasteiger partial charge in [0, 0.05) is 35.1 Å². The van der Waals surface area contributed by atoms with Crippen LogP contribution < -0.4 is 0 Å². The van der Waals surface area contributed by atoms with Crippen LogP contribution >= 0.6 is 34.5 Å². The fourth-order valence-corrected chi connectivity index (χ4v) is 4.89. The number of piperidine rings is 1. The number of likely N-dealkylation sites (tertiary alicyclic amines) is 1. The molecular weight excluding hydrogens is 421 g/mol. The fraction of sp³-hybridized carbons (Fsp3) is 0.263. The molecule has 0 unspecified atom stereocenters. The second kappa shape index (κ2) is 7.66. The first-order chi connectivity index (χ1) is 13.4. The second-order valence-electron chi connectivity index (χ2n) is 6.65. The lowest BCUT2D eigenvalue weighted by atomic mass is 9.97. The molecule has 28 heavy (non-hydrogen) atoms. The lowest BCUT2D eigenvalue weighted by Crippen LogP contribution is -2.38. The molecule has 0 radical (unpaired) electrons. The first-order valence-corrected chi connectivity index (χ1v) is 10.3. The minimum Gasteiger partial charge on any atom is -0.338 e. The number of nitrogens with zero attached hydrogens (tertiary/aromatic N) is 3. The molecule has 1 aliphatic heterocycles. The number of nitro benzene ring substituents is 1. The predicted octanol–water partition coefficient (Wildman–Crippen LogP) is 5.53. The lowest BCUT2D eigenvalue weighted by Gasteiger charge is -2.31. The number of fused-ring (bicyclic) bond motifs is 1. The van der Waals surface area contributed by atoms with Gasteiger partial charge in [0.25, 0.3) is 11.6 Å². The number of amides is 1. The number of thiazole rings is 1. The Morgan fingerprint density at radius 2 is 1.82 bits per heavy atom. The first-order valence-electron chi connectivity index (χ1n) is 8.71. The van der Waals surface area contributed by atoms with Crippen LogP contribution in [-0.2, 0) is 0 Å². The van der Waals surface area contributed by atoms with Crippen molar-refractivity contribution < 1.29 is 9.72 Å². The number of carbonyl (C=O) groups excluding carboxylic acids is 1. The van der Waals surface area contributed by atoms with Gasteiger partial charge in [-0.25, -0.2) is 4.98 Å². The molecule has 0 spiro atoms. The smallest absolute Gasteiger partial charge is 0.282 e. The van der Waals surface area contributed by atoms with Gasteiger partial charge in [0.2, 0.25) is 0 Å². The molecule has 4 rings (SSSR count). The van der Waals surface area contributed by atoms with Gasteiger partial charge in [0.05, 0.1) is 20.1 Å². The van der Waals surface area contributed by atoms with Gasteiger partial charge in [-0.3, -0.25) is 14.9 Å². The van der Waals surface area contributed by atoms with Crippen LogP contribution in [0.15, 0.2) is 36.4 Å². The topological polar surface area (TPSA) is 76.3 Å². The Kier molecular flexibility index (Phi) is 5.23. The van der Waals surface area contributed by atoms with Crippen LogP contribution in [0.4, 0.5) is 5.69 Å². The monoisotopic (exact) mass is 435 g/mol. The second-order valence-corrected chi connectivity index (χ2v) is 8.58. The molecule has 0 aliphatic carbocycles. The summed E-state index contributed by atoms with van der Waals surface area (Å²) in [6.45, 7) is 1.04. The third-order valence-electron chi connectivity index (χ3n) is 4.88. The van der Waals surface area contributed by atoms with Crippen molar-refractivity contribution in [1.82, 2.24) is 9.88 Å². The standard InChI is InChI=1S/C19H15Cl2N3O3S/c20-12-1-3-16(24(26)27)14(9-12)19(25)23-7-5-11(6-8-23)18-22-15-10-13(21)2-4-17(15)28-18/h1-4,9-11H,5-8H2. The maximum atomic E-state index is 12.8. The molecule has 1 fully saturated rings. The van der Waals surface area contributed by atoms with Gasteiger partial charge < -0.3 is 4.90 Å². The Balaban J connectivity index is 1.50. The van der Waals surface area contributed by atoms with Gasteiger partial charge in [0.15, 0.2) is 0 Å². The maximum Gasteiger partial charge on any atom is 0.282 e. The van der Waals surface area contributed by atoms with E-state index in [0.29, 0.717) is 23.1 Å². The molecule has 2 heterocycles. The SMILES string of the molecule is O=C(c1cc(Cl)ccc1[N+](=O)[O-])N1CCC(c2nc3cc(Cl)ccc3s2)CC1. The third kappa shape index (κ3) is 3.70. The molecule has 6 nitrogen and oxygen atoms in total. The molecule has 1 aromatic heterocycles. The Morgan fingerprint density at radius 3 is 2.54 bits per heavy atom. The summed E-state index contributed by atoms with van der Waals surface area (Å²) in [5.41, 5.74) is 0.700. The normalized spacial score (nSPS) is 15.1. The number of hydrogen-bond acceptors (Lipinski definition) is 5. The average molecular weight is 436 g/mol. The van der Waals surface area contributed by atoms with Crippen molar-refractivity contribution in [3.05, 3.63) is 67.1 Å². The number of carbonyl (C=O) groups is 1. The minimum atomic E-state index is -0.553. The van der Waals surface area contributed by atoms with Crippen molar-refractivity contribution in [2.24, 2.45) is 0 Å². The Morgan fingerprint density at radius 1 is 1.14 bits per heavy atom. The number of aromatic nitrogens is 1. The van der Waals surface area contributed by atoms with Crippen LogP contribution in [0.1, 0.15) is 34.1 Å². The van der Waals surface area contributed by atoms with Crippen LogP contribution in [0.5, 0.6) is 0 Å². The Bertz CT molecular complexity index is 1080. The Hall–Kier alpha value is -2.22. The number of benzene rings is 2. The number of rotatable bonds is 3. The highest BCUT2D eigenvalue weighted by molar-refractivity contribution is 7.18. The summed E-state index contributed by atoms with van der Waals surface area (Å²) in [4.78, 5) is 29.9. The molecule has 0 N–H and O–H groups in total. The fourth-order valence-electron chi connectivity index (χ4n) is 3.43. The number of nitro groups is 1. The zero-order valence-electron chi connectivity index (χ0n) is 14.6. The summed E-state index contributed by atoms with van der Waals surface area (Å²) in [5, 5.41) is 13.2. The highest BCUT2D eigenvalue weighted by Crippen LogP contribution is 2.35. The number of hydrogen-bond donors (Lipinski definition) is 0. The summed E-state index contributed by atoms with van der Waals surface area (Å²) < 4.78 is 1.09. The van der Waals surface area contributed by atoms with Crippen molar-refractivity contribution in [3.8, 4) is 0 Å². The zero-order chi connectivity index (χ0) is 19.8. The zero-order valence-corrected chi connectivity index (χ0v) is 16.9. The minimum absolute atomic E-state index is 0.0329. The molecule has 1 amide bonds. The molecule has 0 atom stereocenters. The highest BCUT2D eigenvalue weighted by Gasteiger charge is 2.30. The van der Waals surface area contributed by atoms with Crippen molar-refractivity contribution in [2.75, 3.05) is 13.1 Å². The van der Waals surface area contributed by atoms with Crippen molar-refractivity contribution in [3.63, 3.8) is 0 Å². The van der Waals surface area contributed by atoms with Gasteiger partial charge in [0.1, 0.15) is 5.56 Å². The van der Waals surface area contributed by atoms with Gasteiger partial charge in [-0.05, 0) is 43.2 Å². The van der Waals surface area contributed by atoms with Crippen LogP contribution in [0.25, 0.3) is 10.2 Å². The van der Waals surface area contributed by atoms with E-state index in [-0.39, 0.29) is 23.1 Å². The van der Waals surface area contributed by atoms with Crippen molar-refractivity contribution in [2.45, 2.75) is 18.8 Å². The molecule has 0 bridgehead atoms. The summed E-state index contributed by atoms with van der Waals surface area (Å²) in [6.07, 6.45) is 1.52. The van der Waals surface area contributed by atoms with Crippen LogP contribution in [0, 0.1) is 10.1 Å². The van der Waals surface area contributed by atoms with Crippen LogP contribution in [0.2, 0.25) is 10.0 Å². The van der Waals surface area contributed by atoms with E-state index < -0.39 is 4.92 Å². The molecular formula is C19H15Cl2N3O3S. The summed E-state index contributed by atoms with van der Waals surface area (Å²) in [5.74, 6) is -0.0988. The van der Waals surface area contributed by atoms with Gasteiger partial charge in [-0.2, -0.15) is 0 Å². The van der Waals surface area contributed by atoms with Gasteiger partial charge in [-0.15, -0.1) is 11.3 Å².